The van der Waals surface area contributed by atoms with E-state index in [4.69, 9.17) is 0 Å². The molecular weight excluding hydrogens is 230 g/mol. The molecule has 0 unspecified atom stereocenters. The van der Waals surface area contributed by atoms with Gasteiger partial charge in [0.1, 0.15) is 0 Å². The Morgan fingerprint density at radius 1 is 1.00 bits per heavy atom. The Morgan fingerprint density at radius 3 is 2.35 bits per heavy atom. The Kier molecular flexibility index (Phi) is 2.63. The highest BCUT2D eigenvalue weighted by molar-refractivity contribution is 5.32. The number of aromatic nitrogens is 2. The summed E-state index contributed by atoms with van der Waals surface area (Å²) in [5.41, 5.74) is -1.45. The average Bonchev–Trinajstić information content (AvgIpc) is 2.30. The molecule has 0 bridgehead atoms. The van der Waals surface area contributed by atoms with Crippen molar-refractivity contribution in [3.8, 4) is 5.69 Å². The Bertz CT molecular complexity index is 689. The van der Waals surface area contributed by atoms with Crippen molar-refractivity contribution < 1.29 is 8.78 Å². The Morgan fingerprint density at radius 2 is 1.71 bits per heavy atom. The number of halogens is 2. The molecule has 0 spiro atoms. The second-order valence-corrected chi connectivity index (χ2v) is 3.49. The second-order valence-electron chi connectivity index (χ2n) is 3.49. The van der Waals surface area contributed by atoms with Crippen LogP contribution >= 0.6 is 0 Å². The molecular formula is C11H8F2N2O2. The summed E-state index contributed by atoms with van der Waals surface area (Å²) >= 11 is 0. The quantitative estimate of drug-likeness (QED) is 0.690. The fraction of sp³-hybridized carbons (Fsp3) is 0.0909. The third kappa shape index (κ3) is 1.89. The smallest absolute Gasteiger partial charge is 0.312 e. The van der Waals surface area contributed by atoms with E-state index in [0.29, 0.717) is 0 Å². The predicted octanol–water partition coefficient (Wildman–Crippen LogP) is 0.814. The van der Waals surface area contributed by atoms with E-state index in [0.717, 1.165) is 21.3 Å². The Labute approximate surface area is 94.4 Å². The first kappa shape index (κ1) is 11.3. The number of hydrogen-bond acceptors (Lipinski definition) is 2. The van der Waals surface area contributed by atoms with Crippen LogP contribution in [0.25, 0.3) is 5.69 Å². The lowest BCUT2D eigenvalue weighted by Gasteiger charge is -2.06. The van der Waals surface area contributed by atoms with Crippen LogP contribution in [0.4, 0.5) is 8.78 Å². The van der Waals surface area contributed by atoms with Gasteiger partial charge in [-0.3, -0.25) is 14.2 Å². The van der Waals surface area contributed by atoms with Gasteiger partial charge in [-0.25, -0.2) is 8.78 Å². The van der Waals surface area contributed by atoms with E-state index in [1.165, 1.54) is 25.5 Å². The number of rotatable bonds is 1. The van der Waals surface area contributed by atoms with Crippen molar-refractivity contribution in [3.63, 3.8) is 0 Å². The molecule has 4 nitrogen and oxygen atoms in total. The van der Waals surface area contributed by atoms with Gasteiger partial charge < -0.3 is 4.57 Å². The number of benzene rings is 1. The van der Waals surface area contributed by atoms with Gasteiger partial charge in [0.15, 0.2) is 11.6 Å². The highest BCUT2D eigenvalue weighted by atomic mass is 19.2. The molecule has 0 saturated heterocycles. The van der Waals surface area contributed by atoms with Gasteiger partial charge >= 0.3 is 11.1 Å². The fourth-order valence-corrected chi connectivity index (χ4v) is 1.39. The molecule has 0 amide bonds. The van der Waals surface area contributed by atoms with Crippen LogP contribution in [0.2, 0.25) is 0 Å². The lowest BCUT2D eigenvalue weighted by molar-refractivity contribution is 0.507. The third-order valence-corrected chi connectivity index (χ3v) is 2.34. The molecule has 17 heavy (non-hydrogen) atoms. The van der Waals surface area contributed by atoms with Gasteiger partial charge in [0.05, 0.1) is 5.69 Å². The zero-order valence-electron chi connectivity index (χ0n) is 8.85. The summed E-state index contributed by atoms with van der Waals surface area (Å²) in [6.07, 6.45) is 2.68. The zero-order chi connectivity index (χ0) is 12.6. The molecule has 0 aliphatic carbocycles. The molecule has 1 aromatic heterocycles. The lowest BCUT2D eigenvalue weighted by Crippen LogP contribution is -2.38. The minimum absolute atomic E-state index is 0.103. The number of nitrogens with zero attached hydrogens (tertiary/aromatic N) is 2. The Balaban J connectivity index is 2.70. The molecule has 1 aromatic carbocycles. The third-order valence-electron chi connectivity index (χ3n) is 2.34. The standard InChI is InChI=1S/C11H8F2N2O2/c1-14-4-5-15(11(17)10(14)16)7-2-3-8(12)9(13)6-7/h2-6H,1H3. The largest absolute Gasteiger partial charge is 0.320 e. The molecule has 0 N–H and O–H groups in total. The molecule has 1 heterocycles. The van der Waals surface area contributed by atoms with Crippen LogP contribution in [0, 0.1) is 11.6 Å². The highest BCUT2D eigenvalue weighted by Gasteiger charge is 2.07. The van der Waals surface area contributed by atoms with Crippen LogP contribution in [0.1, 0.15) is 0 Å². The van der Waals surface area contributed by atoms with E-state index in [1.807, 2.05) is 0 Å². The summed E-state index contributed by atoms with van der Waals surface area (Å²) in [4.78, 5) is 23.0. The summed E-state index contributed by atoms with van der Waals surface area (Å²) in [5, 5.41) is 0. The van der Waals surface area contributed by atoms with E-state index in [9.17, 15) is 18.4 Å². The molecule has 88 valence electrons. The summed E-state index contributed by atoms with van der Waals surface area (Å²) in [5.74, 6) is -2.08. The maximum absolute atomic E-state index is 13.0. The van der Waals surface area contributed by atoms with E-state index >= 15 is 0 Å². The molecule has 2 rings (SSSR count). The maximum atomic E-state index is 13.0. The van der Waals surface area contributed by atoms with E-state index in [-0.39, 0.29) is 5.69 Å². The van der Waals surface area contributed by atoms with Gasteiger partial charge in [-0.1, -0.05) is 0 Å². The van der Waals surface area contributed by atoms with Crippen LogP contribution in [-0.2, 0) is 7.05 Å². The van der Waals surface area contributed by atoms with Gasteiger partial charge in [0.2, 0.25) is 0 Å². The maximum Gasteiger partial charge on any atom is 0.320 e. The van der Waals surface area contributed by atoms with Gasteiger partial charge in [0.25, 0.3) is 0 Å². The molecule has 0 aliphatic rings. The molecule has 2 aromatic rings. The van der Waals surface area contributed by atoms with Crippen molar-refractivity contribution in [2.24, 2.45) is 7.05 Å². The Hall–Kier alpha value is -2.24. The van der Waals surface area contributed by atoms with Gasteiger partial charge in [-0.15, -0.1) is 0 Å². The van der Waals surface area contributed by atoms with Crippen molar-refractivity contribution in [1.82, 2.24) is 9.13 Å². The van der Waals surface area contributed by atoms with Crippen molar-refractivity contribution in [3.05, 3.63) is 62.9 Å². The van der Waals surface area contributed by atoms with Crippen molar-refractivity contribution in [2.45, 2.75) is 0 Å². The highest BCUT2D eigenvalue weighted by Crippen LogP contribution is 2.10. The fourth-order valence-electron chi connectivity index (χ4n) is 1.39. The van der Waals surface area contributed by atoms with Crippen molar-refractivity contribution >= 4 is 0 Å². The minimum atomic E-state index is -1.07. The first-order valence-electron chi connectivity index (χ1n) is 4.74. The van der Waals surface area contributed by atoms with Crippen LogP contribution < -0.4 is 11.1 Å². The van der Waals surface area contributed by atoms with Gasteiger partial charge in [-0.2, -0.15) is 0 Å². The molecule has 6 heteroatoms. The topological polar surface area (TPSA) is 44.0 Å². The van der Waals surface area contributed by atoms with Gasteiger partial charge in [-0.05, 0) is 12.1 Å². The second kappa shape index (κ2) is 3.97. The normalized spacial score (nSPS) is 10.5. The zero-order valence-corrected chi connectivity index (χ0v) is 8.85. The van der Waals surface area contributed by atoms with E-state index < -0.39 is 22.8 Å². The van der Waals surface area contributed by atoms with E-state index in [2.05, 4.69) is 0 Å². The lowest BCUT2D eigenvalue weighted by atomic mass is 10.3. The van der Waals surface area contributed by atoms with Crippen molar-refractivity contribution in [1.29, 1.82) is 0 Å². The molecule has 0 fully saturated rings. The van der Waals surface area contributed by atoms with Crippen LogP contribution in [0.15, 0.2) is 40.2 Å². The number of aryl methyl sites for hydroxylation is 1. The summed E-state index contributed by atoms with van der Waals surface area (Å²) in [6.45, 7) is 0. The predicted molar refractivity (Wildman–Crippen MR) is 57.2 cm³/mol. The molecule has 0 radical (unpaired) electrons. The molecule has 0 atom stereocenters. The molecule has 0 saturated carbocycles. The summed E-state index contributed by atoms with van der Waals surface area (Å²) in [7, 11) is 1.43. The first-order chi connectivity index (χ1) is 8.00. The van der Waals surface area contributed by atoms with Crippen LogP contribution in [0.3, 0.4) is 0 Å². The number of hydrogen-bond donors (Lipinski definition) is 0. The molecule has 0 aliphatic heterocycles. The van der Waals surface area contributed by atoms with Crippen molar-refractivity contribution in [2.75, 3.05) is 0 Å². The SMILES string of the molecule is Cn1ccn(-c2ccc(F)c(F)c2)c(=O)c1=O. The average molecular weight is 238 g/mol. The summed E-state index contributed by atoms with van der Waals surface area (Å²) in [6, 6.07) is 2.98. The van der Waals surface area contributed by atoms with Gasteiger partial charge in [0, 0.05) is 25.5 Å². The van der Waals surface area contributed by atoms with Crippen LogP contribution in [0.5, 0.6) is 0 Å². The summed E-state index contributed by atoms with van der Waals surface area (Å²) < 4.78 is 27.8. The minimum Gasteiger partial charge on any atom is -0.312 e. The monoisotopic (exact) mass is 238 g/mol. The van der Waals surface area contributed by atoms with E-state index in [1.54, 1.807) is 0 Å². The first-order valence-corrected chi connectivity index (χ1v) is 4.74. The van der Waals surface area contributed by atoms with Crippen LogP contribution in [-0.4, -0.2) is 9.13 Å².